The van der Waals surface area contributed by atoms with Crippen molar-refractivity contribution >= 4 is 17.7 Å². The first-order valence-electron chi connectivity index (χ1n) is 4.80. The SMILES string of the molecule is CN(CC(N)=O)C(=O)CN1CCCC1=O. The predicted molar refractivity (Wildman–Crippen MR) is 52.6 cm³/mol. The number of hydrogen-bond donors (Lipinski definition) is 1. The Morgan fingerprint density at radius 3 is 2.67 bits per heavy atom. The molecule has 1 rings (SSSR count). The topological polar surface area (TPSA) is 83.7 Å². The van der Waals surface area contributed by atoms with Crippen molar-refractivity contribution in [3.63, 3.8) is 0 Å². The minimum Gasteiger partial charge on any atom is -0.368 e. The molecule has 0 aromatic heterocycles. The lowest BCUT2D eigenvalue weighted by Crippen LogP contribution is -2.42. The van der Waals surface area contributed by atoms with Crippen LogP contribution < -0.4 is 5.73 Å². The zero-order valence-corrected chi connectivity index (χ0v) is 8.73. The van der Waals surface area contributed by atoms with E-state index < -0.39 is 5.91 Å². The van der Waals surface area contributed by atoms with Gasteiger partial charge in [-0.25, -0.2) is 0 Å². The summed E-state index contributed by atoms with van der Waals surface area (Å²) in [5.41, 5.74) is 4.95. The third kappa shape index (κ3) is 3.23. The molecule has 0 saturated carbocycles. The summed E-state index contributed by atoms with van der Waals surface area (Å²) >= 11 is 0. The zero-order valence-electron chi connectivity index (χ0n) is 8.73. The number of primary amides is 1. The molecule has 1 aliphatic heterocycles. The Balaban J connectivity index is 2.40. The first-order chi connectivity index (χ1) is 7.00. The van der Waals surface area contributed by atoms with E-state index in [4.69, 9.17) is 5.73 Å². The molecule has 1 aliphatic rings. The average Bonchev–Trinajstić information content (AvgIpc) is 2.50. The third-order valence-electron chi connectivity index (χ3n) is 2.32. The largest absolute Gasteiger partial charge is 0.368 e. The molecule has 84 valence electrons. The van der Waals surface area contributed by atoms with Gasteiger partial charge in [-0.15, -0.1) is 0 Å². The Bertz CT molecular complexity index is 290. The minimum atomic E-state index is -0.557. The maximum atomic E-state index is 11.5. The standard InChI is InChI=1S/C9H15N3O3/c1-11(5-7(10)13)9(15)6-12-4-2-3-8(12)14/h2-6H2,1H3,(H2,10,13). The first-order valence-corrected chi connectivity index (χ1v) is 4.80. The summed E-state index contributed by atoms with van der Waals surface area (Å²) in [4.78, 5) is 36.0. The van der Waals surface area contributed by atoms with Crippen LogP contribution in [-0.4, -0.2) is 54.2 Å². The van der Waals surface area contributed by atoms with Gasteiger partial charge in [-0.1, -0.05) is 0 Å². The van der Waals surface area contributed by atoms with Gasteiger partial charge in [0.25, 0.3) is 0 Å². The predicted octanol–water partition coefficient (Wildman–Crippen LogP) is -1.45. The monoisotopic (exact) mass is 213 g/mol. The van der Waals surface area contributed by atoms with Gasteiger partial charge in [-0.05, 0) is 6.42 Å². The highest BCUT2D eigenvalue weighted by molar-refractivity contribution is 5.88. The molecule has 1 fully saturated rings. The Morgan fingerprint density at radius 2 is 2.20 bits per heavy atom. The second-order valence-corrected chi connectivity index (χ2v) is 3.63. The quantitative estimate of drug-likeness (QED) is 0.620. The summed E-state index contributed by atoms with van der Waals surface area (Å²) < 4.78 is 0. The molecule has 6 nitrogen and oxygen atoms in total. The number of likely N-dealkylation sites (tertiary alicyclic amines) is 1. The molecular formula is C9H15N3O3. The van der Waals surface area contributed by atoms with Gasteiger partial charge in [-0.2, -0.15) is 0 Å². The van der Waals surface area contributed by atoms with Crippen molar-refractivity contribution in [1.29, 1.82) is 0 Å². The van der Waals surface area contributed by atoms with Crippen molar-refractivity contribution < 1.29 is 14.4 Å². The molecule has 3 amide bonds. The van der Waals surface area contributed by atoms with E-state index in [2.05, 4.69) is 0 Å². The summed E-state index contributed by atoms with van der Waals surface area (Å²) in [7, 11) is 1.49. The van der Waals surface area contributed by atoms with E-state index in [1.807, 2.05) is 0 Å². The van der Waals surface area contributed by atoms with Crippen molar-refractivity contribution in [2.75, 3.05) is 26.7 Å². The lowest BCUT2D eigenvalue weighted by molar-refractivity contribution is -0.139. The van der Waals surface area contributed by atoms with Crippen LogP contribution in [0.15, 0.2) is 0 Å². The van der Waals surface area contributed by atoms with Gasteiger partial charge in [0.2, 0.25) is 17.7 Å². The lowest BCUT2D eigenvalue weighted by Gasteiger charge is -2.20. The van der Waals surface area contributed by atoms with Crippen molar-refractivity contribution in [1.82, 2.24) is 9.80 Å². The van der Waals surface area contributed by atoms with Crippen LogP contribution >= 0.6 is 0 Å². The number of carbonyl (C=O) groups is 3. The van der Waals surface area contributed by atoms with Gasteiger partial charge in [0, 0.05) is 20.0 Å². The molecule has 0 aromatic carbocycles. The highest BCUT2D eigenvalue weighted by Gasteiger charge is 2.23. The summed E-state index contributed by atoms with van der Waals surface area (Å²) in [6.45, 7) is 0.554. The number of amides is 3. The first kappa shape index (κ1) is 11.5. The highest BCUT2D eigenvalue weighted by atomic mass is 16.2. The summed E-state index contributed by atoms with van der Waals surface area (Å²) in [6.07, 6.45) is 1.30. The molecule has 2 N–H and O–H groups in total. The second kappa shape index (κ2) is 4.77. The fraction of sp³-hybridized carbons (Fsp3) is 0.667. The van der Waals surface area contributed by atoms with Gasteiger partial charge in [0.05, 0.1) is 13.1 Å². The molecule has 0 atom stereocenters. The lowest BCUT2D eigenvalue weighted by atomic mass is 10.4. The molecule has 0 radical (unpaired) electrons. The molecule has 0 aromatic rings. The Hall–Kier alpha value is -1.59. The second-order valence-electron chi connectivity index (χ2n) is 3.63. The van der Waals surface area contributed by atoms with Crippen LogP contribution in [0.2, 0.25) is 0 Å². The van der Waals surface area contributed by atoms with Crippen LogP contribution in [0.1, 0.15) is 12.8 Å². The number of likely N-dealkylation sites (N-methyl/N-ethyl adjacent to an activating group) is 1. The molecule has 0 bridgehead atoms. The van der Waals surface area contributed by atoms with Crippen molar-refractivity contribution in [3.05, 3.63) is 0 Å². The fourth-order valence-electron chi connectivity index (χ4n) is 1.48. The summed E-state index contributed by atoms with van der Waals surface area (Å²) in [5.74, 6) is -0.821. The molecule has 0 spiro atoms. The van der Waals surface area contributed by atoms with Crippen LogP contribution in [0.4, 0.5) is 0 Å². The Kier molecular flexibility index (Phi) is 3.65. The fourth-order valence-corrected chi connectivity index (χ4v) is 1.48. The summed E-state index contributed by atoms with van der Waals surface area (Å²) in [5, 5.41) is 0. The number of carbonyl (C=O) groups excluding carboxylic acids is 3. The number of rotatable bonds is 4. The van der Waals surface area contributed by atoms with Crippen LogP contribution in [0.3, 0.4) is 0 Å². The third-order valence-corrected chi connectivity index (χ3v) is 2.32. The molecule has 1 heterocycles. The van der Waals surface area contributed by atoms with E-state index in [-0.39, 0.29) is 24.9 Å². The average molecular weight is 213 g/mol. The van der Waals surface area contributed by atoms with Crippen LogP contribution in [0.5, 0.6) is 0 Å². The molecular weight excluding hydrogens is 198 g/mol. The van der Waals surface area contributed by atoms with Crippen LogP contribution in [0, 0.1) is 0 Å². The normalized spacial score (nSPS) is 15.5. The Morgan fingerprint density at radius 1 is 1.53 bits per heavy atom. The summed E-state index contributed by atoms with van der Waals surface area (Å²) in [6, 6.07) is 0. The zero-order chi connectivity index (χ0) is 11.4. The van der Waals surface area contributed by atoms with E-state index in [1.165, 1.54) is 16.8 Å². The van der Waals surface area contributed by atoms with Crippen molar-refractivity contribution in [2.24, 2.45) is 5.73 Å². The van der Waals surface area contributed by atoms with E-state index in [0.29, 0.717) is 13.0 Å². The van der Waals surface area contributed by atoms with E-state index in [9.17, 15) is 14.4 Å². The smallest absolute Gasteiger partial charge is 0.242 e. The molecule has 6 heteroatoms. The minimum absolute atomic E-state index is 0.00387. The molecule has 1 saturated heterocycles. The van der Waals surface area contributed by atoms with Crippen molar-refractivity contribution in [2.45, 2.75) is 12.8 Å². The number of hydrogen-bond acceptors (Lipinski definition) is 3. The number of nitrogens with two attached hydrogens (primary N) is 1. The van der Waals surface area contributed by atoms with Crippen molar-refractivity contribution in [3.8, 4) is 0 Å². The van der Waals surface area contributed by atoms with E-state index in [1.54, 1.807) is 0 Å². The van der Waals surface area contributed by atoms with Gasteiger partial charge in [-0.3, -0.25) is 14.4 Å². The van der Waals surface area contributed by atoms with Crippen LogP contribution in [-0.2, 0) is 14.4 Å². The van der Waals surface area contributed by atoms with Gasteiger partial charge in [0.1, 0.15) is 0 Å². The maximum absolute atomic E-state index is 11.5. The molecule has 0 unspecified atom stereocenters. The molecule has 15 heavy (non-hydrogen) atoms. The van der Waals surface area contributed by atoms with Gasteiger partial charge >= 0.3 is 0 Å². The maximum Gasteiger partial charge on any atom is 0.242 e. The molecule has 0 aliphatic carbocycles. The van der Waals surface area contributed by atoms with Crippen LogP contribution in [0.25, 0.3) is 0 Å². The van der Waals surface area contributed by atoms with Gasteiger partial charge < -0.3 is 15.5 Å². The highest BCUT2D eigenvalue weighted by Crippen LogP contribution is 2.09. The Labute approximate surface area is 88.0 Å². The number of nitrogens with zero attached hydrogens (tertiary/aromatic N) is 2. The van der Waals surface area contributed by atoms with Gasteiger partial charge in [0.15, 0.2) is 0 Å². The van der Waals surface area contributed by atoms with E-state index >= 15 is 0 Å². The van der Waals surface area contributed by atoms with E-state index in [0.717, 1.165) is 6.42 Å².